The van der Waals surface area contributed by atoms with Crippen LogP contribution in [0.25, 0.3) is 0 Å². The largest absolute Gasteiger partial charge is 0.494 e. The number of ether oxygens (including phenoxy) is 1. The zero-order valence-electron chi connectivity index (χ0n) is 11.1. The highest BCUT2D eigenvalue weighted by Crippen LogP contribution is 2.31. The minimum atomic E-state index is -1.03. The molecular formula is C16H17BrO2. The molecule has 0 aliphatic rings. The number of hydrogen-bond donors (Lipinski definition) is 1. The zero-order chi connectivity index (χ0) is 13.9. The van der Waals surface area contributed by atoms with Gasteiger partial charge in [-0.15, -0.1) is 0 Å². The molecule has 0 heterocycles. The molecule has 0 bridgehead atoms. The van der Waals surface area contributed by atoms with Gasteiger partial charge in [0.1, 0.15) is 11.4 Å². The van der Waals surface area contributed by atoms with Crippen LogP contribution in [0.2, 0.25) is 0 Å². The van der Waals surface area contributed by atoms with Crippen LogP contribution in [0.5, 0.6) is 5.75 Å². The Kier molecular flexibility index (Phi) is 4.27. The van der Waals surface area contributed by atoms with E-state index in [1.165, 1.54) is 0 Å². The van der Waals surface area contributed by atoms with Crippen molar-refractivity contribution in [3.63, 3.8) is 0 Å². The molecule has 100 valence electrons. The van der Waals surface area contributed by atoms with Gasteiger partial charge in [-0.25, -0.2) is 0 Å². The van der Waals surface area contributed by atoms with Crippen LogP contribution in [0.15, 0.2) is 53.0 Å². The molecule has 0 radical (unpaired) electrons. The minimum absolute atomic E-state index is 0.615. The molecule has 0 aliphatic heterocycles. The van der Waals surface area contributed by atoms with Crippen LogP contribution in [0.3, 0.4) is 0 Å². The Hall–Kier alpha value is -1.32. The summed E-state index contributed by atoms with van der Waals surface area (Å²) in [5.74, 6) is 0.775. The quantitative estimate of drug-likeness (QED) is 0.918. The molecule has 2 aromatic rings. The lowest BCUT2D eigenvalue weighted by Crippen LogP contribution is -2.22. The maximum Gasteiger partial charge on any atom is 0.119 e. The fraction of sp³-hybridized carbons (Fsp3) is 0.250. The van der Waals surface area contributed by atoms with Gasteiger partial charge in [-0.05, 0) is 49.2 Å². The van der Waals surface area contributed by atoms with E-state index in [-0.39, 0.29) is 0 Å². The average molecular weight is 321 g/mol. The second-order valence-electron chi connectivity index (χ2n) is 4.54. The van der Waals surface area contributed by atoms with Gasteiger partial charge in [0.15, 0.2) is 0 Å². The summed E-state index contributed by atoms with van der Waals surface area (Å²) in [6.07, 6.45) is 0. The first-order chi connectivity index (χ1) is 9.04. The summed E-state index contributed by atoms with van der Waals surface area (Å²) in [6.45, 7) is 4.35. The molecule has 1 N–H and O–H groups in total. The molecule has 0 aliphatic carbocycles. The number of hydrogen-bond acceptors (Lipinski definition) is 2. The second kappa shape index (κ2) is 5.76. The van der Waals surface area contributed by atoms with Crippen LogP contribution in [0.1, 0.15) is 25.0 Å². The van der Waals surface area contributed by atoms with Gasteiger partial charge in [0.25, 0.3) is 0 Å². The summed E-state index contributed by atoms with van der Waals surface area (Å²) in [5.41, 5.74) is 0.637. The molecule has 0 amide bonds. The van der Waals surface area contributed by atoms with Crippen LogP contribution in [-0.2, 0) is 5.60 Å². The topological polar surface area (TPSA) is 29.5 Å². The van der Waals surface area contributed by atoms with Crippen molar-refractivity contribution >= 4 is 15.9 Å². The van der Waals surface area contributed by atoms with Gasteiger partial charge in [0.05, 0.1) is 6.61 Å². The van der Waals surface area contributed by atoms with Crippen LogP contribution in [-0.4, -0.2) is 11.7 Å². The molecule has 0 aromatic heterocycles. The van der Waals surface area contributed by atoms with Gasteiger partial charge in [0, 0.05) is 4.47 Å². The van der Waals surface area contributed by atoms with E-state index in [0.717, 1.165) is 21.3 Å². The number of benzene rings is 2. The van der Waals surface area contributed by atoms with Crippen molar-refractivity contribution in [3.8, 4) is 5.75 Å². The summed E-state index contributed by atoms with van der Waals surface area (Å²) in [6, 6.07) is 15.3. The van der Waals surface area contributed by atoms with Crippen molar-refractivity contribution in [1.29, 1.82) is 0 Å². The van der Waals surface area contributed by atoms with Crippen LogP contribution in [0.4, 0.5) is 0 Å². The van der Waals surface area contributed by atoms with Crippen LogP contribution < -0.4 is 4.74 Å². The van der Waals surface area contributed by atoms with Gasteiger partial charge >= 0.3 is 0 Å². The SMILES string of the molecule is CCOc1cccc(C(C)(O)c2ccc(Br)cc2)c1. The number of aliphatic hydroxyl groups is 1. The molecule has 0 saturated carbocycles. The third kappa shape index (κ3) is 3.17. The molecule has 0 fully saturated rings. The summed E-state index contributed by atoms with van der Waals surface area (Å²) in [5, 5.41) is 10.8. The van der Waals surface area contributed by atoms with Gasteiger partial charge in [-0.3, -0.25) is 0 Å². The Morgan fingerprint density at radius 1 is 1.11 bits per heavy atom. The first-order valence-corrected chi connectivity index (χ1v) is 7.05. The molecule has 2 rings (SSSR count). The van der Waals surface area contributed by atoms with Gasteiger partial charge in [-0.2, -0.15) is 0 Å². The average Bonchev–Trinajstić information content (AvgIpc) is 2.40. The minimum Gasteiger partial charge on any atom is -0.494 e. The van der Waals surface area contributed by atoms with E-state index in [9.17, 15) is 5.11 Å². The number of halogens is 1. The Labute approximate surface area is 122 Å². The molecule has 3 heteroatoms. The molecule has 2 aromatic carbocycles. The highest BCUT2D eigenvalue weighted by atomic mass is 79.9. The second-order valence-corrected chi connectivity index (χ2v) is 5.46. The summed E-state index contributed by atoms with van der Waals surface area (Å²) >= 11 is 3.40. The highest BCUT2D eigenvalue weighted by Gasteiger charge is 2.25. The molecule has 1 atom stereocenters. The van der Waals surface area contributed by atoms with E-state index in [1.807, 2.05) is 55.5 Å². The van der Waals surface area contributed by atoms with Crippen LogP contribution in [0, 0.1) is 0 Å². The normalized spacial score (nSPS) is 13.9. The monoisotopic (exact) mass is 320 g/mol. The lowest BCUT2D eigenvalue weighted by Gasteiger charge is -2.25. The Morgan fingerprint density at radius 2 is 1.79 bits per heavy atom. The first-order valence-electron chi connectivity index (χ1n) is 6.26. The summed E-state index contributed by atoms with van der Waals surface area (Å²) < 4.78 is 6.47. The van der Waals surface area contributed by atoms with Crippen molar-refractivity contribution in [2.45, 2.75) is 19.4 Å². The Balaban J connectivity index is 2.37. The lowest BCUT2D eigenvalue weighted by atomic mass is 9.88. The van der Waals surface area contributed by atoms with E-state index in [2.05, 4.69) is 15.9 Å². The van der Waals surface area contributed by atoms with Crippen molar-refractivity contribution in [2.24, 2.45) is 0 Å². The molecule has 0 saturated heterocycles. The van der Waals surface area contributed by atoms with Crippen LogP contribution >= 0.6 is 15.9 Å². The fourth-order valence-electron chi connectivity index (χ4n) is 2.00. The zero-order valence-corrected chi connectivity index (χ0v) is 12.6. The molecule has 19 heavy (non-hydrogen) atoms. The van der Waals surface area contributed by atoms with E-state index in [4.69, 9.17) is 4.74 Å². The standard InChI is InChI=1S/C16H17BrO2/c1-3-19-15-6-4-5-13(11-15)16(2,18)12-7-9-14(17)10-8-12/h4-11,18H,3H2,1-2H3. The maximum atomic E-state index is 10.8. The van der Waals surface area contributed by atoms with Crippen molar-refractivity contribution in [2.75, 3.05) is 6.61 Å². The first kappa shape index (κ1) is 14.1. The third-order valence-electron chi connectivity index (χ3n) is 3.11. The van der Waals surface area contributed by atoms with Gasteiger partial charge in [0.2, 0.25) is 0 Å². The van der Waals surface area contributed by atoms with Crippen molar-refractivity contribution < 1.29 is 9.84 Å². The third-order valence-corrected chi connectivity index (χ3v) is 3.64. The molecule has 0 spiro atoms. The lowest BCUT2D eigenvalue weighted by molar-refractivity contribution is 0.102. The van der Waals surface area contributed by atoms with Crippen molar-refractivity contribution in [3.05, 3.63) is 64.1 Å². The number of rotatable bonds is 4. The summed E-state index contributed by atoms with van der Waals surface area (Å²) in [4.78, 5) is 0. The van der Waals surface area contributed by atoms with Crippen molar-refractivity contribution in [1.82, 2.24) is 0 Å². The van der Waals surface area contributed by atoms with E-state index >= 15 is 0 Å². The smallest absolute Gasteiger partial charge is 0.119 e. The predicted molar refractivity (Wildman–Crippen MR) is 80.4 cm³/mol. The Bertz CT molecular complexity index is 547. The Morgan fingerprint density at radius 3 is 2.42 bits per heavy atom. The fourth-order valence-corrected chi connectivity index (χ4v) is 2.26. The highest BCUT2D eigenvalue weighted by molar-refractivity contribution is 9.10. The van der Waals surface area contributed by atoms with E-state index in [0.29, 0.717) is 6.61 Å². The van der Waals surface area contributed by atoms with E-state index in [1.54, 1.807) is 6.92 Å². The predicted octanol–water partition coefficient (Wildman–Crippen LogP) is 4.10. The molecular weight excluding hydrogens is 304 g/mol. The van der Waals surface area contributed by atoms with Gasteiger partial charge in [-0.1, -0.05) is 40.2 Å². The maximum absolute atomic E-state index is 10.8. The molecule has 2 nitrogen and oxygen atoms in total. The summed E-state index contributed by atoms with van der Waals surface area (Å²) in [7, 11) is 0. The van der Waals surface area contributed by atoms with E-state index < -0.39 is 5.60 Å². The van der Waals surface area contributed by atoms with Gasteiger partial charge < -0.3 is 9.84 Å². The molecule has 1 unspecified atom stereocenters.